The van der Waals surface area contributed by atoms with E-state index in [0.717, 1.165) is 15.6 Å². The largest absolute Gasteiger partial charge is 0.463 e. The minimum absolute atomic E-state index is 0.307. The fraction of sp³-hybridized carbons (Fsp3) is 0.400. The van der Waals surface area contributed by atoms with Crippen molar-refractivity contribution in [2.45, 2.75) is 20.8 Å². The molecule has 3 nitrogen and oxygen atoms in total. The average Bonchev–Trinajstić information content (AvgIpc) is 2.42. The summed E-state index contributed by atoms with van der Waals surface area (Å²) in [5.41, 5.74) is 0.952. The molecule has 0 bridgehead atoms. The lowest BCUT2D eigenvalue weighted by molar-refractivity contribution is -0.137. The zero-order valence-corrected chi connectivity index (χ0v) is 9.35. The second kappa shape index (κ2) is 4.91. The molecule has 0 aliphatic rings. The molecule has 1 rings (SSSR count). The minimum atomic E-state index is -0.307. The maximum atomic E-state index is 11.0. The number of nitrogens with zero attached hydrogens (tertiary/aromatic N) is 1. The summed E-state index contributed by atoms with van der Waals surface area (Å²) >= 11 is 1.57. The second-order valence-corrected chi connectivity index (χ2v) is 4.00. The van der Waals surface area contributed by atoms with E-state index in [1.165, 1.54) is 6.08 Å². The Kier molecular flexibility index (Phi) is 3.83. The molecular formula is C10H13NO2S. The Balaban J connectivity index is 2.68. The lowest BCUT2D eigenvalue weighted by Crippen LogP contribution is -1.98. The van der Waals surface area contributed by atoms with E-state index >= 15 is 0 Å². The zero-order chi connectivity index (χ0) is 10.6. The van der Waals surface area contributed by atoms with E-state index in [2.05, 4.69) is 4.98 Å². The fourth-order valence-electron chi connectivity index (χ4n) is 1.04. The van der Waals surface area contributed by atoms with Gasteiger partial charge in [0.05, 0.1) is 22.2 Å². The Morgan fingerprint density at radius 1 is 1.57 bits per heavy atom. The van der Waals surface area contributed by atoms with Crippen molar-refractivity contribution in [3.63, 3.8) is 0 Å². The Morgan fingerprint density at radius 2 is 2.29 bits per heavy atom. The molecule has 0 saturated carbocycles. The number of ether oxygens (including phenoxy) is 1. The highest BCUT2D eigenvalue weighted by Crippen LogP contribution is 2.18. The Labute approximate surface area is 87.4 Å². The minimum Gasteiger partial charge on any atom is -0.463 e. The second-order valence-electron chi connectivity index (χ2n) is 2.77. The van der Waals surface area contributed by atoms with Gasteiger partial charge in [0.1, 0.15) is 0 Å². The van der Waals surface area contributed by atoms with Crippen LogP contribution in [0.1, 0.15) is 22.5 Å². The third kappa shape index (κ3) is 2.96. The van der Waals surface area contributed by atoms with Gasteiger partial charge in [0.15, 0.2) is 0 Å². The quantitative estimate of drug-likeness (QED) is 0.569. The summed E-state index contributed by atoms with van der Waals surface area (Å²) in [6.07, 6.45) is 3.18. The molecular weight excluding hydrogens is 198 g/mol. The van der Waals surface area contributed by atoms with Crippen LogP contribution in [0.25, 0.3) is 6.08 Å². The van der Waals surface area contributed by atoms with E-state index in [1.54, 1.807) is 24.3 Å². The normalized spacial score (nSPS) is 10.8. The van der Waals surface area contributed by atoms with Crippen molar-refractivity contribution in [1.82, 2.24) is 4.98 Å². The first-order chi connectivity index (χ1) is 6.63. The number of carbonyl (C=O) groups is 1. The van der Waals surface area contributed by atoms with Gasteiger partial charge in [-0.05, 0) is 26.8 Å². The van der Waals surface area contributed by atoms with Crippen molar-refractivity contribution in [3.8, 4) is 0 Å². The highest BCUT2D eigenvalue weighted by molar-refractivity contribution is 7.12. The van der Waals surface area contributed by atoms with Gasteiger partial charge in [-0.2, -0.15) is 0 Å². The SMILES string of the molecule is CCOC(=O)C=Cc1sc(C)nc1C. The summed E-state index contributed by atoms with van der Waals surface area (Å²) < 4.78 is 4.77. The lowest BCUT2D eigenvalue weighted by Gasteiger charge is -1.93. The van der Waals surface area contributed by atoms with Crippen LogP contribution in [0.15, 0.2) is 6.08 Å². The van der Waals surface area contributed by atoms with Gasteiger partial charge in [-0.3, -0.25) is 0 Å². The number of rotatable bonds is 3. The number of esters is 1. The predicted octanol–water partition coefficient (Wildman–Crippen LogP) is 2.34. The molecule has 0 aliphatic carbocycles. The van der Waals surface area contributed by atoms with Crippen molar-refractivity contribution in [2.24, 2.45) is 0 Å². The van der Waals surface area contributed by atoms with Crippen LogP contribution in [-0.4, -0.2) is 17.6 Å². The monoisotopic (exact) mass is 211 g/mol. The molecule has 0 saturated heterocycles. The summed E-state index contributed by atoms with van der Waals surface area (Å²) in [5, 5.41) is 1.01. The topological polar surface area (TPSA) is 39.2 Å². The Morgan fingerprint density at radius 3 is 2.79 bits per heavy atom. The van der Waals surface area contributed by atoms with E-state index in [1.807, 2.05) is 13.8 Å². The number of thiazole rings is 1. The van der Waals surface area contributed by atoms with Crippen LogP contribution >= 0.6 is 11.3 Å². The summed E-state index contributed by atoms with van der Waals surface area (Å²) in [6.45, 7) is 6.06. The number of hydrogen-bond acceptors (Lipinski definition) is 4. The third-order valence-electron chi connectivity index (χ3n) is 1.60. The number of hydrogen-bond donors (Lipinski definition) is 0. The van der Waals surface area contributed by atoms with Gasteiger partial charge in [-0.25, -0.2) is 9.78 Å². The van der Waals surface area contributed by atoms with Gasteiger partial charge in [0, 0.05) is 6.08 Å². The van der Waals surface area contributed by atoms with E-state index in [9.17, 15) is 4.79 Å². The summed E-state index contributed by atoms with van der Waals surface area (Å²) in [7, 11) is 0. The molecule has 0 radical (unpaired) electrons. The third-order valence-corrected chi connectivity index (χ3v) is 2.63. The van der Waals surface area contributed by atoms with Crippen LogP contribution in [0.3, 0.4) is 0 Å². The summed E-state index contributed by atoms with van der Waals surface area (Å²) in [4.78, 5) is 16.3. The van der Waals surface area contributed by atoms with Crippen LogP contribution in [0, 0.1) is 13.8 Å². The molecule has 0 spiro atoms. The number of aryl methyl sites for hydroxylation is 2. The summed E-state index contributed by atoms with van der Waals surface area (Å²) in [6, 6.07) is 0. The molecule has 4 heteroatoms. The van der Waals surface area contributed by atoms with Crippen LogP contribution in [0.2, 0.25) is 0 Å². The molecule has 0 amide bonds. The first kappa shape index (κ1) is 10.9. The number of carbonyl (C=O) groups excluding carboxylic acids is 1. The highest BCUT2D eigenvalue weighted by Gasteiger charge is 2.01. The molecule has 0 atom stereocenters. The molecule has 14 heavy (non-hydrogen) atoms. The smallest absolute Gasteiger partial charge is 0.330 e. The molecule has 0 N–H and O–H groups in total. The maximum absolute atomic E-state index is 11.0. The zero-order valence-electron chi connectivity index (χ0n) is 8.53. The average molecular weight is 211 g/mol. The van der Waals surface area contributed by atoms with E-state index in [-0.39, 0.29) is 5.97 Å². The van der Waals surface area contributed by atoms with Crippen LogP contribution < -0.4 is 0 Å². The predicted molar refractivity (Wildman–Crippen MR) is 57.3 cm³/mol. The van der Waals surface area contributed by atoms with Crippen LogP contribution in [0.5, 0.6) is 0 Å². The van der Waals surface area contributed by atoms with Crippen molar-refractivity contribution >= 4 is 23.4 Å². The first-order valence-corrected chi connectivity index (χ1v) is 5.24. The van der Waals surface area contributed by atoms with Crippen molar-refractivity contribution in [1.29, 1.82) is 0 Å². The molecule has 1 aromatic rings. The van der Waals surface area contributed by atoms with Crippen LogP contribution in [0.4, 0.5) is 0 Å². The lowest BCUT2D eigenvalue weighted by atomic mass is 10.3. The number of aromatic nitrogens is 1. The molecule has 0 aromatic carbocycles. The van der Waals surface area contributed by atoms with Gasteiger partial charge < -0.3 is 4.74 Å². The van der Waals surface area contributed by atoms with Gasteiger partial charge >= 0.3 is 5.97 Å². The molecule has 1 aromatic heterocycles. The van der Waals surface area contributed by atoms with Crippen LogP contribution in [-0.2, 0) is 9.53 Å². The van der Waals surface area contributed by atoms with E-state index in [4.69, 9.17) is 4.74 Å². The molecule has 76 valence electrons. The maximum Gasteiger partial charge on any atom is 0.330 e. The van der Waals surface area contributed by atoms with Gasteiger partial charge in [0.25, 0.3) is 0 Å². The van der Waals surface area contributed by atoms with Gasteiger partial charge in [-0.1, -0.05) is 0 Å². The Hall–Kier alpha value is -1.16. The van der Waals surface area contributed by atoms with E-state index < -0.39 is 0 Å². The van der Waals surface area contributed by atoms with Gasteiger partial charge in [-0.15, -0.1) is 11.3 Å². The Bertz CT molecular complexity index is 355. The highest BCUT2D eigenvalue weighted by atomic mass is 32.1. The fourth-order valence-corrected chi connectivity index (χ4v) is 1.87. The summed E-state index contributed by atoms with van der Waals surface area (Å²) in [5.74, 6) is -0.307. The van der Waals surface area contributed by atoms with E-state index in [0.29, 0.717) is 6.61 Å². The van der Waals surface area contributed by atoms with Gasteiger partial charge in [0.2, 0.25) is 0 Å². The van der Waals surface area contributed by atoms with Crippen molar-refractivity contribution < 1.29 is 9.53 Å². The standard InChI is InChI=1S/C10H13NO2S/c1-4-13-10(12)6-5-9-7(2)11-8(3)14-9/h5-6H,4H2,1-3H3. The molecule has 1 heterocycles. The first-order valence-electron chi connectivity index (χ1n) is 4.42. The molecule has 0 aliphatic heterocycles. The molecule has 0 unspecified atom stereocenters. The molecule has 0 fully saturated rings. The van der Waals surface area contributed by atoms with Crippen molar-refractivity contribution in [3.05, 3.63) is 21.7 Å². The van der Waals surface area contributed by atoms with Crippen molar-refractivity contribution in [2.75, 3.05) is 6.61 Å².